The highest BCUT2D eigenvalue weighted by Gasteiger charge is 2.28. The predicted molar refractivity (Wildman–Crippen MR) is 60.7 cm³/mol. The largest absolute Gasteiger partial charge is 0.481 e. The molecule has 0 bridgehead atoms. The predicted octanol–water partition coefficient (Wildman–Crippen LogP) is 1.06. The number of carboxylic acids is 1. The van der Waals surface area contributed by atoms with Crippen molar-refractivity contribution in [3.63, 3.8) is 0 Å². The van der Waals surface area contributed by atoms with Crippen LogP contribution in [0.25, 0.3) is 0 Å². The molecule has 5 nitrogen and oxygen atoms in total. The fourth-order valence-electron chi connectivity index (χ4n) is 2.04. The Morgan fingerprint density at radius 1 is 1.38 bits per heavy atom. The van der Waals surface area contributed by atoms with Crippen LogP contribution in [0.2, 0.25) is 0 Å². The van der Waals surface area contributed by atoms with E-state index >= 15 is 0 Å². The fraction of sp³-hybridized carbons (Fsp3) is 0.900. The maximum Gasteiger partial charge on any atom is 0.303 e. The highest BCUT2D eigenvalue weighted by atomic mass is 32.2. The van der Waals surface area contributed by atoms with Crippen LogP contribution in [0.1, 0.15) is 38.5 Å². The summed E-state index contributed by atoms with van der Waals surface area (Å²) in [6.45, 7) is 0. The molecule has 0 aromatic heterocycles. The zero-order valence-corrected chi connectivity index (χ0v) is 10.4. The molecule has 1 saturated carbocycles. The van der Waals surface area contributed by atoms with Gasteiger partial charge in [-0.1, -0.05) is 12.8 Å². The Morgan fingerprint density at radius 2 is 1.94 bits per heavy atom. The Balaban J connectivity index is 2.45. The highest BCUT2D eigenvalue weighted by molar-refractivity contribution is 7.89. The molecule has 0 radical (unpaired) electrons. The van der Waals surface area contributed by atoms with E-state index in [9.17, 15) is 13.2 Å². The minimum atomic E-state index is -3.27. The molecule has 94 valence electrons. The van der Waals surface area contributed by atoms with Crippen molar-refractivity contribution in [2.24, 2.45) is 0 Å². The minimum absolute atomic E-state index is 0.0632. The third-order valence-corrected chi connectivity index (χ3v) is 5.05. The van der Waals surface area contributed by atoms with Gasteiger partial charge in [-0.3, -0.25) is 4.79 Å². The maximum absolute atomic E-state index is 11.8. The monoisotopic (exact) mass is 249 g/mol. The van der Waals surface area contributed by atoms with Gasteiger partial charge in [0.1, 0.15) is 0 Å². The van der Waals surface area contributed by atoms with E-state index in [4.69, 9.17) is 5.11 Å². The van der Waals surface area contributed by atoms with E-state index in [1.807, 2.05) is 0 Å². The van der Waals surface area contributed by atoms with Gasteiger partial charge >= 0.3 is 5.97 Å². The van der Waals surface area contributed by atoms with Crippen molar-refractivity contribution in [2.75, 3.05) is 12.8 Å². The van der Waals surface area contributed by atoms with Crippen molar-refractivity contribution in [3.05, 3.63) is 0 Å². The van der Waals surface area contributed by atoms with E-state index in [1.54, 1.807) is 7.05 Å². The van der Waals surface area contributed by atoms with Gasteiger partial charge in [0, 0.05) is 19.5 Å². The number of hydrogen-bond donors (Lipinski definition) is 1. The zero-order chi connectivity index (χ0) is 12.2. The third-order valence-electron chi connectivity index (χ3n) is 3.07. The van der Waals surface area contributed by atoms with Crippen molar-refractivity contribution in [2.45, 2.75) is 44.6 Å². The molecule has 16 heavy (non-hydrogen) atoms. The van der Waals surface area contributed by atoms with Crippen molar-refractivity contribution in [1.29, 1.82) is 0 Å². The SMILES string of the molecule is CN(C1CCCC1)S(=O)(=O)CCCC(=O)O. The summed E-state index contributed by atoms with van der Waals surface area (Å²) in [5.74, 6) is -1.01. The molecule has 1 N–H and O–H groups in total. The van der Waals surface area contributed by atoms with Gasteiger partial charge in [0.05, 0.1) is 5.75 Å². The molecule has 0 heterocycles. The van der Waals surface area contributed by atoms with Crippen LogP contribution < -0.4 is 0 Å². The number of nitrogens with zero attached hydrogens (tertiary/aromatic N) is 1. The van der Waals surface area contributed by atoms with Gasteiger partial charge in [-0.25, -0.2) is 12.7 Å². The van der Waals surface area contributed by atoms with Crippen molar-refractivity contribution >= 4 is 16.0 Å². The lowest BCUT2D eigenvalue weighted by Gasteiger charge is -2.23. The molecule has 0 unspecified atom stereocenters. The summed E-state index contributed by atoms with van der Waals surface area (Å²) >= 11 is 0. The van der Waals surface area contributed by atoms with Crippen molar-refractivity contribution < 1.29 is 18.3 Å². The standard InChI is InChI=1S/C10H19NO4S/c1-11(9-5-2-3-6-9)16(14,15)8-4-7-10(12)13/h9H,2-8H2,1H3,(H,12,13). The number of carboxylic acid groups (broad SMARTS) is 1. The van der Waals surface area contributed by atoms with Crippen LogP contribution in [0, 0.1) is 0 Å². The van der Waals surface area contributed by atoms with E-state index in [1.165, 1.54) is 4.31 Å². The average molecular weight is 249 g/mol. The molecule has 1 fully saturated rings. The van der Waals surface area contributed by atoms with Gasteiger partial charge in [-0.15, -0.1) is 0 Å². The summed E-state index contributed by atoms with van der Waals surface area (Å²) in [5.41, 5.74) is 0. The van der Waals surface area contributed by atoms with Crippen LogP contribution in [0.3, 0.4) is 0 Å². The van der Waals surface area contributed by atoms with Gasteiger partial charge in [0.25, 0.3) is 0 Å². The first-order chi connectivity index (χ1) is 7.43. The summed E-state index contributed by atoms with van der Waals surface area (Å²) < 4.78 is 25.1. The van der Waals surface area contributed by atoms with Gasteiger partial charge in [0.15, 0.2) is 0 Å². The second kappa shape index (κ2) is 5.63. The molecule has 0 atom stereocenters. The molecule has 0 aromatic carbocycles. The summed E-state index contributed by atoms with van der Waals surface area (Å²) in [5, 5.41) is 8.45. The van der Waals surface area contributed by atoms with Crippen molar-refractivity contribution in [1.82, 2.24) is 4.31 Å². The molecule has 1 aliphatic rings. The van der Waals surface area contributed by atoms with Gasteiger partial charge in [-0.2, -0.15) is 0 Å². The average Bonchev–Trinajstić information content (AvgIpc) is 2.68. The summed E-state index contributed by atoms with van der Waals surface area (Å²) in [7, 11) is -1.67. The molecule has 1 rings (SSSR count). The van der Waals surface area contributed by atoms with Crippen LogP contribution >= 0.6 is 0 Å². The number of aliphatic carboxylic acids is 1. The molecule has 0 amide bonds. The van der Waals surface area contributed by atoms with E-state index in [0.29, 0.717) is 0 Å². The normalized spacial score (nSPS) is 18.1. The lowest BCUT2D eigenvalue weighted by atomic mass is 10.3. The van der Waals surface area contributed by atoms with Gasteiger partial charge in [0.2, 0.25) is 10.0 Å². The van der Waals surface area contributed by atoms with Crippen LogP contribution in [-0.4, -0.2) is 42.6 Å². The second-order valence-corrected chi connectivity index (χ2v) is 6.42. The first kappa shape index (κ1) is 13.4. The molecule has 0 aromatic rings. The Labute approximate surface area is 96.5 Å². The smallest absolute Gasteiger partial charge is 0.303 e. The first-order valence-corrected chi connectivity index (χ1v) is 7.22. The third kappa shape index (κ3) is 3.75. The Hall–Kier alpha value is -0.620. The highest BCUT2D eigenvalue weighted by Crippen LogP contribution is 2.24. The van der Waals surface area contributed by atoms with Crippen molar-refractivity contribution in [3.8, 4) is 0 Å². The number of sulfonamides is 1. The van der Waals surface area contributed by atoms with Gasteiger partial charge < -0.3 is 5.11 Å². The lowest BCUT2D eigenvalue weighted by molar-refractivity contribution is -0.137. The van der Waals surface area contributed by atoms with Crippen LogP contribution in [0.4, 0.5) is 0 Å². The quantitative estimate of drug-likeness (QED) is 0.763. The molecule has 0 aliphatic heterocycles. The zero-order valence-electron chi connectivity index (χ0n) is 9.55. The molecule has 6 heteroatoms. The van der Waals surface area contributed by atoms with E-state index < -0.39 is 16.0 Å². The van der Waals surface area contributed by atoms with E-state index in [-0.39, 0.29) is 24.6 Å². The number of rotatable bonds is 6. The first-order valence-electron chi connectivity index (χ1n) is 5.61. The lowest BCUT2D eigenvalue weighted by Crippen LogP contribution is -2.36. The topological polar surface area (TPSA) is 74.7 Å². The second-order valence-electron chi connectivity index (χ2n) is 4.27. The molecule has 1 aliphatic carbocycles. The Kier molecular flexibility index (Phi) is 4.73. The molecule has 0 spiro atoms. The Bertz CT molecular complexity index is 333. The minimum Gasteiger partial charge on any atom is -0.481 e. The van der Waals surface area contributed by atoms with E-state index in [0.717, 1.165) is 25.7 Å². The summed E-state index contributed by atoms with van der Waals surface area (Å²) in [4.78, 5) is 10.3. The van der Waals surface area contributed by atoms with Gasteiger partial charge in [-0.05, 0) is 19.3 Å². The summed E-state index contributed by atoms with van der Waals surface area (Å²) in [6.07, 6.45) is 4.12. The van der Waals surface area contributed by atoms with E-state index in [2.05, 4.69) is 0 Å². The fourth-order valence-corrected chi connectivity index (χ4v) is 3.51. The summed E-state index contributed by atoms with van der Waals surface area (Å²) in [6, 6.07) is 0.120. The Morgan fingerprint density at radius 3 is 2.44 bits per heavy atom. The number of carbonyl (C=O) groups is 1. The van der Waals surface area contributed by atoms with Crippen LogP contribution in [0.5, 0.6) is 0 Å². The number of hydrogen-bond acceptors (Lipinski definition) is 3. The molecule has 0 saturated heterocycles. The molecular formula is C10H19NO4S. The van der Waals surface area contributed by atoms with Crippen LogP contribution in [0.15, 0.2) is 0 Å². The molecular weight excluding hydrogens is 230 g/mol. The maximum atomic E-state index is 11.8. The van der Waals surface area contributed by atoms with Crippen LogP contribution in [-0.2, 0) is 14.8 Å².